The first kappa shape index (κ1) is 24.1. The number of halogens is 1. The van der Waals surface area contributed by atoms with E-state index < -0.39 is 0 Å². The SMILES string of the molecule is COCCN(C(=O)Cc1c(C)n(C(=O)c2ccc(Cl)cc2)c2ccc(CO)cc12)c1nccs1. The van der Waals surface area contributed by atoms with Crippen molar-refractivity contribution in [2.24, 2.45) is 0 Å². The molecular formula is C25H24ClN3O4S. The number of ether oxygens (including phenoxy) is 1. The number of thiazole rings is 1. The molecule has 0 fully saturated rings. The van der Waals surface area contributed by atoms with Crippen LogP contribution in [-0.2, 0) is 22.6 Å². The van der Waals surface area contributed by atoms with Gasteiger partial charge in [0.15, 0.2) is 5.13 Å². The Balaban J connectivity index is 1.78. The summed E-state index contributed by atoms with van der Waals surface area (Å²) in [4.78, 5) is 32.8. The van der Waals surface area contributed by atoms with Crippen LogP contribution in [0.5, 0.6) is 0 Å². The number of aromatic nitrogens is 2. The molecule has 7 nitrogen and oxygen atoms in total. The lowest BCUT2D eigenvalue weighted by Crippen LogP contribution is -2.35. The minimum atomic E-state index is -0.217. The van der Waals surface area contributed by atoms with Gasteiger partial charge in [-0.1, -0.05) is 17.7 Å². The van der Waals surface area contributed by atoms with Crippen molar-refractivity contribution in [1.82, 2.24) is 9.55 Å². The molecule has 0 atom stereocenters. The summed E-state index contributed by atoms with van der Waals surface area (Å²) < 4.78 is 6.80. The molecule has 34 heavy (non-hydrogen) atoms. The van der Waals surface area contributed by atoms with Gasteiger partial charge < -0.3 is 9.84 Å². The number of aliphatic hydroxyl groups is 1. The van der Waals surface area contributed by atoms with Crippen molar-refractivity contribution in [3.8, 4) is 0 Å². The Kier molecular flexibility index (Phi) is 7.43. The molecule has 0 aliphatic carbocycles. The second kappa shape index (κ2) is 10.5. The van der Waals surface area contributed by atoms with Crippen LogP contribution in [0.3, 0.4) is 0 Å². The number of hydrogen-bond acceptors (Lipinski definition) is 6. The Morgan fingerprint density at radius 3 is 2.62 bits per heavy atom. The molecule has 1 N–H and O–H groups in total. The highest BCUT2D eigenvalue weighted by atomic mass is 35.5. The summed E-state index contributed by atoms with van der Waals surface area (Å²) in [6.45, 7) is 2.43. The molecule has 1 amide bonds. The Morgan fingerprint density at radius 2 is 1.97 bits per heavy atom. The fourth-order valence-corrected chi connectivity index (χ4v) is 4.75. The van der Waals surface area contributed by atoms with E-state index in [4.69, 9.17) is 16.3 Å². The summed E-state index contributed by atoms with van der Waals surface area (Å²) >= 11 is 7.37. The number of rotatable bonds is 8. The lowest BCUT2D eigenvalue weighted by atomic mass is 10.0. The molecule has 4 aromatic rings. The molecular weight excluding hydrogens is 474 g/mol. The van der Waals surface area contributed by atoms with Gasteiger partial charge in [-0.15, -0.1) is 11.3 Å². The molecule has 4 rings (SSSR count). The highest BCUT2D eigenvalue weighted by Crippen LogP contribution is 2.30. The van der Waals surface area contributed by atoms with E-state index in [9.17, 15) is 14.7 Å². The third-order valence-electron chi connectivity index (χ3n) is 5.67. The molecule has 0 saturated carbocycles. The van der Waals surface area contributed by atoms with Crippen molar-refractivity contribution in [1.29, 1.82) is 0 Å². The molecule has 0 saturated heterocycles. The Bertz CT molecular complexity index is 1320. The summed E-state index contributed by atoms with van der Waals surface area (Å²) in [6.07, 6.45) is 1.73. The summed E-state index contributed by atoms with van der Waals surface area (Å²) in [7, 11) is 1.58. The normalized spacial score (nSPS) is 11.2. The lowest BCUT2D eigenvalue weighted by Gasteiger charge is -2.19. The van der Waals surface area contributed by atoms with Gasteiger partial charge in [0.1, 0.15) is 0 Å². The zero-order chi connectivity index (χ0) is 24.2. The van der Waals surface area contributed by atoms with Crippen LogP contribution >= 0.6 is 22.9 Å². The fourth-order valence-electron chi connectivity index (χ4n) is 3.94. The number of hydrogen-bond donors (Lipinski definition) is 1. The molecule has 2 heterocycles. The molecule has 2 aromatic heterocycles. The molecule has 0 aliphatic heterocycles. The van der Waals surface area contributed by atoms with Crippen molar-refractivity contribution in [3.63, 3.8) is 0 Å². The van der Waals surface area contributed by atoms with E-state index in [-0.39, 0.29) is 24.8 Å². The van der Waals surface area contributed by atoms with E-state index in [1.807, 2.05) is 18.4 Å². The van der Waals surface area contributed by atoms with Gasteiger partial charge in [-0.3, -0.25) is 19.1 Å². The highest BCUT2D eigenvalue weighted by molar-refractivity contribution is 7.13. The molecule has 9 heteroatoms. The first-order valence-corrected chi connectivity index (χ1v) is 11.9. The maximum atomic E-state index is 13.5. The molecule has 2 aromatic carbocycles. The highest BCUT2D eigenvalue weighted by Gasteiger charge is 2.25. The number of methoxy groups -OCH3 is 1. The molecule has 0 aliphatic rings. The summed E-state index contributed by atoms with van der Waals surface area (Å²) in [5.74, 6) is -0.367. The van der Waals surface area contributed by atoms with Gasteiger partial charge >= 0.3 is 0 Å². The minimum absolute atomic E-state index is 0.0708. The van der Waals surface area contributed by atoms with Gasteiger partial charge in [0.2, 0.25) is 5.91 Å². The van der Waals surface area contributed by atoms with Crippen LogP contribution in [0.4, 0.5) is 5.13 Å². The molecule has 0 spiro atoms. The van der Waals surface area contributed by atoms with Crippen LogP contribution in [0.25, 0.3) is 10.9 Å². The Morgan fingerprint density at radius 1 is 1.21 bits per heavy atom. The second-order valence-corrected chi connectivity index (χ2v) is 9.06. The molecule has 0 radical (unpaired) electrons. The monoisotopic (exact) mass is 497 g/mol. The number of fused-ring (bicyclic) bond motifs is 1. The van der Waals surface area contributed by atoms with Crippen molar-refractivity contribution in [2.45, 2.75) is 20.0 Å². The number of carbonyl (C=O) groups is 2. The fraction of sp³-hybridized carbons (Fsp3) is 0.240. The van der Waals surface area contributed by atoms with Crippen molar-refractivity contribution in [3.05, 3.63) is 81.4 Å². The maximum absolute atomic E-state index is 13.5. The van der Waals surface area contributed by atoms with Crippen LogP contribution in [0.15, 0.2) is 54.0 Å². The molecule has 0 unspecified atom stereocenters. The zero-order valence-electron chi connectivity index (χ0n) is 18.8. The van der Waals surface area contributed by atoms with Crippen LogP contribution in [-0.4, -0.2) is 46.7 Å². The predicted octanol–water partition coefficient (Wildman–Crippen LogP) is 4.46. The Hall–Kier alpha value is -3.04. The van der Waals surface area contributed by atoms with E-state index in [2.05, 4.69) is 4.98 Å². The third-order valence-corrected chi connectivity index (χ3v) is 6.72. The van der Waals surface area contributed by atoms with Gasteiger partial charge in [-0.05, 0) is 54.4 Å². The van der Waals surface area contributed by atoms with E-state index in [1.165, 1.54) is 11.3 Å². The second-order valence-electron chi connectivity index (χ2n) is 7.75. The number of benzene rings is 2. The quantitative estimate of drug-likeness (QED) is 0.388. The van der Waals surface area contributed by atoms with Crippen LogP contribution in [0.1, 0.15) is 27.2 Å². The van der Waals surface area contributed by atoms with E-state index >= 15 is 0 Å². The van der Waals surface area contributed by atoms with Crippen LogP contribution in [0.2, 0.25) is 5.02 Å². The molecule has 176 valence electrons. The van der Waals surface area contributed by atoms with Gasteiger partial charge in [0.05, 0.1) is 31.7 Å². The third kappa shape index (κ3) is 4.76. The van der Waals surface area contributed by atoms with Gasteiger partial charge in [0.25, 0.3) is 5.91 Å². The Labute approximate surface area is 206 Å². The maximum Gasteiger partial charge on any atom is 0.262 e. The first-order chi connectivity index (χ1) is 16.4. The minimum Gasteiger partial charge on any atom is -0.392 e. The van der Waals surface area contributed by atoms with Crippen LogP contribution in [0, 0.1) is 6.92 Å². The number of aliphatic hydroxyl groups excluding tert-OH is 1. The first-order valence-electron chi connectivity index (χ1n) is 10.7. The van der Waals surface area contributed by atoms with Gasteiger partial charge in [-0.25, -0.2) is 4.98 Å². The largest absolute Gasteiger partial charge is 0.392 e. The van der Waals surface area contributed by atoms with Gasteiger partial charge in [-0.2, -0.15) is 0 Å². The average Bonchev–Trinajstić information content (AvgIpc) is 3.46. The van der Waals surface area contributed by atoms with Crippen LogP contribution < -0.4 is 4.90 Å². The standard InChI is InChI=1S/C25H24ClN3O4S/c1-16-20(14-23(31)28(10-11-33-2)25-27-9-12-34-25)21-13-17(15-30)3-8-22(21)29(16)24(32)18-4-6-19(26)7-5-18/h3-9,12-13,30H,10-11,14-15H2,1-2H3. The van der Waals surface area contributed by atoms with Crippen molar-refractivity contribution < 1.29 is 19.4 Å². The summed E-state index contributed by atoms with van der Waals surface area (Å²) in [5, 5.41) is 13.4. The van der Waals surface area contributed by atoms with Crippen molar-refractivity contribution in [2.75, 3.05) is 25.2 Å². The van der Waals surface area contributed by atoms with Gasteiger partial charge in [0, 0.05) is 40.4 Å². The summed E-state index contributed by atoms with van der Waals surface area (Å²) in [5.41, 5.74) is 3.27. The number of carbonyl (C=O) groups excluding carboxylic acids is 2. The van der Waals surface area contributed by atoms with Crippen molar-refractivity contribution >= 4 is 50.8 Å². The number of anilines is 1. The van der Waals surface area contributed by atoms with E-state index in [0.717, 1.165) is 10.9 Å². The zero-order valence-corrected chi connectivity index (χ0v) is 20.4. The molecule has 0 bridgehead atoms. The topological polar surface area (TPSA) is 84.7 Å². The smallest absolute Gasteiger partial charge is 0.262 e. The number of nitrogens with zero attached hydrogens (tertiary/aromatic N) is 3. The number of amides is 1. The van der Waals surface area contributed by atoms with E-state index in [1.54, 1.807) is 59.2 Å². The predicted molar refractivity (Wildman–Crippen MR) is 134 cm³/mol. The average molecular weight is 498 g/mol. The lowest BCUT2D eigenvalue weighted by molar-refractivity contribution is -0.118. The summed E-state index contributed by atoms with van der Waals surface area (Å²) in [6, 6.07) is 12.1. The van der Waals surface area contributed by atoms with E-state index in [0.29, 0.717) is 45.6 Å².